The van der Waals surface area contributed by atoms with Crippen LogP contribution in [0.25, 0.3) is 10.9 Å². The molecule has 0 bridgehead atoms. The van der Waals surface area contributed by atoms with Crippen molar-refractivity contribution in [3.8, 4) is 0 Å². The van der Waals surface area contributed by atoms with Crippen molar-refractivity contribution >= 4 is 50.7 Å². The van der Waals surface area contributed by atoms with Gasteiger partial charge in [0.2, 0.25) is 11.0 Å². The molecule has 102 valence electrons. The largest absolute Gasteiger partial charge is 0.374 e. The van der Waals surface area contributed by atoms with Gasteiger partial charge < -0.3 is 16.0 Å². The van der Waals surface area contributed by atoms with Crippen LogP contribution >= 0.6 is 23.1 Å². The minimum absolute atomic E-state index is 0.0883. The van der Waals surface area contributed by atoms with E-state index in [1.807, 2.05) is 30.5 Å². The molecule has 4 N–H and O–H groups in total. The van der Waals surface area contributed by atoms with E-state index in [4.69, 9.17) is 5.73 Å². The summed E-state index contributed by atoms with van der Waals surface area (Å²) in [6.45, 7) is 0. The van der Waals surface area contributed by atoms with Gasteiger partial charge in [0.1, 0.15) is 0 Å². The van der Waals surface area contributed by atoms with Gasteiger partial charge in [0, 0.05) is 17.4 Å². The first kappa shape index (κ1) is 12.9. The fourth-order valence-corrected chi connectivity index (χ4v) is 3.16. The minimum atomic E-state index is -0.0883. The molecule has 0 saturated carbocycles. The molecule has 0 saturated heterocycles. The summed E-state index contributed by atoms with van der Waals surface area (Å²) in [6, 6.07) is 7.72. The van der Waals surface area contributed by atoms with Crippen LogP contribution in [0.3, 0.4) is 0 Å². The SMILES string of the molecule is Nc1nnc(SCC(=O)Nc2ccc3cc[nH]c3c2)s1. The predicted octanol–water partition coefficient (Wildman–Crippen LogP) is 2.33. The number of nitrogen functional groups attached to an aromatic ring is 1. The standard InChI is InChI=1S/C12H11N5OS2/c13-11-16-17-12(20-11)19-6-10(18)15-8-2-1-7-3-4-14-9(7)5-8/h1-5,14H,6H2,(H2,13,16)(H,15,18). The van der Waals surface area contributed by atoms with E-state index >= 15 is 0 Å². The van der Waals surface area contributed by atoms with Gasteiger partial charge in [-0.05, 0) is 23.6 Å². The second-order valence-corrected chi connectivity index (χ2v) is 6.25. The Hall–Kier alpha value is -2.06. The fourth-order valence-electron chi connectivity index (χ4n) is 1.73. The number of rotatable bonds is 4. The average molecular weight is 305 g/mol. The third-order valence-corrected chi connectivity index (χ3v) is 4.47. The zero-order valence-electron chi connectivity index (χ0n) is 10.3. The number of hydrogen-bond acceptors (Lipinski definition) is 6. The number of hydrogen-bond donors (Lipinski definition) is 3. The molecule has 20 heavy (non-hydrogen) atoms. The van der Waals surface area contributed by atoms with E-state index in [-0.39, 0.29) is 11.7 Å². The van der Waals surface area contributed by atoms with E-state index in [2.05, 4.69) is 20.5 Å². The number of nitrogens with two attached hydrogens (primary N) is 1. The molecule has 0 unspecified atom stereocenters. The summed E-state index contributed by atoms with van der Waals surface area (Å²) in [6.07, 6.45) is 1.87. The number of amides is 1. The van der Waals surface area contributed by atoms with Crippen LogP contribution in [-0.2, 0) is 4.79 Å². The quantitative estimate of drug-likeness (QED) is 0.643. The van der Waals surface area contributed by atoms with E-state index in [9.17, 15) is 4.79 Å². The predicted molar refractivity (Wildman–Crippen MR) is 82.0 cm³/mol. The summed E-state index contributed by atoms with van der Waals surface area (Å²) >= 11 is 2.59. The number of aromatic nitrogens is 3. The number of nitrogens with zero attached hydrogens (tertiary/aromatic N) is 2. The van der Waals surface area contributed by atoms with E-state index in [1.54, 1.807) is 0 Å². The van der Waals surface area contributed by atoms with Crippen molar-refractivity contribution in [3.05, 3.63) is 30.5 Å². The molecule has 0 radical (unpaired) electrons. The smallest absolute Gasteiger partial charge is 0.234 e. The number of nitrogens with one attached hydrogen (secondary N) is 2. The highest BCUT2D eigenvalue weighted by Crippen LogP contribution is 2.24. The third-order valence-electron chi connectivity index (χ3n) is 2.59. The van der Waals surface area contributed by atoms with Gasteiger partial charge in [0.05, 0.1) is 5.75 Å². The number of benzene rings is 1. The first-order valence-corrected chi connectivity index (χ1v) is 7.60. The van der Waals surface area contributed by atoms with Crippen LogP contribution in [0.15, 0.2) is 34.8 Å². The minimum Gasteiger partial charge on any atom is -0.374 e. The maximum absolute atomic E-state index is 11.8. The van der Waals surface area contributed by atoms with Crippen molar-refractivity contribution in [3.63, 3.8) is 0 Å². The van der Waals surface area contributed by atoms with Crippen LogP contribution in [-0.4, -0.2) is 26.8 Å². The second-order valence-electron chi connectivity index (χ2n) is 4.02. The first-order valence-electron chi connectivity index (χ1n) is 5.79. The van der Waals surface area contributed by atoms with Crippen LogP contribution in [0.2, 0.25) is 0 Å². The zero-order chi connectivity index (χ0) is 13.9. The molecule has 0 spiro atoms. The van der Waals surface area contributed by atoms with Crippen molar-refractivity contribution in [2.24, 2.45) is 0 Å². The number of carbonyl (C=O) groups excluding carboxylic acids is 1. The van der Waals surface area contributed by atoms with Crippen LogP contribution in [0.4, 0.5) is 10.8 Å². The van der Waals surface area contributed by atoms with E-state index in [1.165, 1.54) is 23.1 Å². The highest BCUT2D eigenvalue weighted by atomic mass is 32.2. The molecular weight excluding hydrogens is 294 g/mol. The van der Waals surface area contributed by atoms with Gasteiger partial charge in [-0.3, -0.25) is 4.79 Å². The number of carbonyl (C=O) groups is 1. The maximum Gasteiger partial charge on any atom is 0.234 e. The number of aromatic amines is 1. The van der Waals surface area contributed by atoms with Crippen molar-refractivity contribution in [2.45, 2.75) is 4.34 Å². The maximum atomic E-state index is 11.8. The Balaban J connectivity index is 1.60. The number of anilines is 2. The summed E-state index contributed by atoms with van der Waals surface area (Å²) < 4.78 is 0.692. The molecule has 3 aromatic rings. The van der Waals surface area contributed by atoms with Gasteiger partial charge in [-0.15, -0.1) is 10.2 Å². The number of thioether (sulfide) groups is 1. The number of H-pyrrole nitrogens is 1. The van der Waals surface area contributed by atoms with E-state index in [0.717, 1.165) is 16.6 Å². The monoisotopic (exact) mass is 305 g/mol. The molecule has 6 nitrogen and oxygen atoms in total. The average Bonchev–Trinajstić information content (AvgIpc) is 3.04. The van der Waals surface area contributed by atoms with Gasteiger partial charge in [-0.2, -0.15) is 0 Å². The molecule has 1 aromatic carbocycles. The zero-order valence-corrected chi connectivity index (χ0v) is 11.9. The second kappa shape index (κ2) is 5.51. The molecule has 2 aromatic heterocycles. The molecular formula is C12H11N5OS2. The molecule has 3 rings (SSSR count). The molecule has 0 atom stereocenters. The Morgan fingerprint density at radius 3 is 3.10 bits per heavy atom. The third kappa shape index (κ3) is 2.91. The molecule has 0 aliphatic rings. The summed E-state index contributed by atoms with van der Waals surface area (Å²) in [7, 11) is 0. The molecule has 0 fully saturated rings. The van der Waals surface area contributed by atoms with Crippen molar-refractivity contribution in [1.82, 2.24) is 15.2 Å². The summed E-state index contributed by atoms with van der Waals surface area (Å²) in [5, 5.41) is 11.9. The van der Waals surface area contributed by atoms with Crippen molar-refractivity contribution in [1.29, 1.82) is 0 Å². The normalized spacial score (nSPS) is 10.8. The summed E-state index contributed by atoms with van der Waals surface area (Å²) in [5.41, 5.74) is 7.24. The van der Waals surface area contributed by atoms with Gasteiger partial charge >= 0.3 is 0 Å². The Kier molecular flexibility index (Phi) is 3.57. The Bertz CT molecular complexity index is 751. The number of fused-ring (bicyclic) bond motifs is 1. The van der Waals surface area contributed by atoms with Crippen LogP contribution in [0, 0.1) is 0 Å². The van der Waals surface area contributed by atoms with Crippen LogP contribution < -0.4 is 11.1 Å². The molecule has 0 aliphatic carbocycles. The lowest BCUT2D eigenvalue weighted by atomic mass is 10.2. The highest BCUT2D eigenvalue weighted by Gasteiger charge is 2.07. The van der Waals surface area contributed by atoms with Gasteiger partial charge in [0.25, 0.3) is 0 Å². The molecule has 2 heterocycles. The van der Waals surface area contributed by atoms with Crippen LogP contribution in [0.1, 0.15) is 0 Å². The fraction of sp³-hybridized carbons (Fsp3) is 0.0833. The summed E-state index contributed by atoms with van der Waals surface area (Å²) in [4.78, 5) is 15.0. The van der Waals surface area contributed by atoms with Gasteiger partial charge in [0.15, 0.2) is 4.34 Å². The first-order chi connectivity index (χ1) is 9.70. The molecule has 8 heteroatoms. The van der Waals surface area contributed by atoms with Crippen molar-refractivity contribution in [2.75, 3.05) is 16.8 Å². The van der Waals surface area contributed by atoms with Crippen LogP contribution in [0.5, 0.6) is 0 Å². The van der Waals surface area contributed by atoms with Gasteiger partial charge in [-0.1, -0.05) is 29.2 Å². The highest BCUT2D eigenvalue weighted by molar-refractivity contribution is 8.01. The molecule has 1 amide bonds. The van der Waals surface area contributed by atoms with Gasteiger partial charge in [-0.25, -0.2) is 0 Å². The molecule has 0 aliphatic heterocycles. The summed E-state index contributed by atoms with van der Waals surface area (Å²) in [5.74, 6) is 0.187. The lowest BCUT2D eigenvalue weighted by Crippen LogP contribution is -2.13. The Morgan fingerprint density at radius 2 is 2.30 bits per heavy atom. The lowest BCUT2D eigenvalue weighted by Gasteiger charge is -2.04. The Morgan fingerprint density at radius 1 is 1.40 bits per heavy atom. The topological polar surface area (TPSA) is 96.7 Å². The van der Waals surface area contributed by atoms with E-state index < -0.39 is 0 Å². The lowest BCUT2D eigenvalue weighted by molar-refractivity contribution is -0.113. The van der Waals surface area contributed by atoms with E-state index in [0.29, 0.717) is 9.47 Å². The Labute approximate surface area is 122 Å². The van der Waals surface area contributed by atoms with Crippen molar-refractivity contribution < 1.29 is 4.79 Å².